The first-order valence-electron chi connectivity index (χ1n) is 9.57. The zero-order valence-electron chi connectivity index (χ0n) is 15.6. The first kappa shape index (κ1) is 17.3. The van der Waals surface area contributed by atoms with Gasteiger partial charge in [-0.05, 0) is 57.5 Å². The van der Waals surface area contributed by atoms with Crippen LogP contribution in [-0.2, 0) is 10.2 Å². The Bertz CT molecular complexity index is 711. The second-order valence-corrected chi connectivity index (χ2v) is 8.32. The lowest BCUT2D eigenvalue weighted by Crippen LogP contribution is -2.47. The number of anilines is 1. The van der Waals surface area contributed by atoms with Crippen LogP contribution < -0.4 is 10.6 Å². The highest BCUT2D eigenvalue weighted by atomic mass is 16.2. The average Bonchev–Trinajstić information content (AvgIpc) is 3.13. The summed E-state index contributed by atoms with van der Waals surface area (Å²) in [4.78, 5) is 30.6. The van der Waals surface area contributed by atoms with Crippen LogP contribution in [0, 0.1) is 0 Å². The predicted octanol–water partition coefficient (Wildman–Crippen LogP) is 1.93. The van der Waals surface area contributed by atoms with Gasteiger partial charge in [0.15, 0.2) is 0 Å². The summed E-state index contributed by atoms with van der Waals surface area (Å²) in [6.07, 6.45) is 5.46. The lowest BCUT2D eigenvalue weighted by Gasteiger charge is -2.44. The fourth-order valence-electron chi connectivity index (χ4n) is 5.10. The Balaban J connectivity index is 1.62. The molecular weight excluding hydrogens is 328 g/mol. The number of amides is 3. The number of hydrogen-bond acceptors (Lipinski definition) is 3. The second kappa shape index (κ2) is 6.27. The number of benzene rings is 1. The van der Waals surface area contributed by atoms with Crippen molar-refractivity contribution in [3.8, 4) is 0 Å². The SMILES string of the molecule is CN(C)CC1(c2ccc(N3C(=O)N4CCC[C@@H]4C3C(N)=O)cc2)CCC1. The molecule has 6 nitrogen and oxygen atoms in total. The molecule has 0 spiro atoms. The van der Waals surface area contributed by atoms with E-state index >= 15 is 0 Å². The Hall–Kier alpha value is -2.08. The summed E-state index contributed by atoms with van der Waals surface area (Å²) in [6.45, 7) is 1.75. The summed E-state index contributed by atoms with van der Waals surface area (Å²) in [5, 5.41) is 0. The maximum Gasteiger partial charge on any atom is 0.325 e. The van der Waals surface area contributed by atoms with E-state index in [2.05, 4.69) is 31.1 Å². The lowest BCUT2D eigenvalue weighted by molar-refractivity contribution is -0.119. The van der Waals surface area contributed by atoms with Gasteiger partial charge in [0.05, 0.1) is 6.04 Å². The van der Waals surface area contributed by atoms with Gasteiger partial charge >= 0.3 is 6.03 Å². The van der Waals surface area contributed by atoms with Gasteiger partial charge < -0.3 is 15.5 Å². The number of rotatable bonds is 5. The Morgan fingerprint density at radius 2 is 1.92 bits per heavy atom. The Labute approximate surface area is 154 Å². The zero-order chi connectivity index (χ0) is 18.5. The number of hydrogen-bond donors (Lipinski definition) is 1. The molecule has 3 aliphatic rings. The summed E-state index contributed by atoms with van der Waals surface area (Å²) in [7, 11) is 4.23. The molecule has 1 unspecified atom stereocenters. The van der Waals surface area contributed by atoms with E-state index in [0.29, 0.717) is 6.54 Å². The summed E-state index contributed by atoms with van der Waals surface area (Å²) < 4.78 is 0. The van der Waals surface area contributed by atoms with Crippen molar-refractivity contribution in [1.29, 1.82) is 0 Å². The molecule has 2 aliphatic heterocycles. The molecule has 0 radical (unpaired) electrons. The van der Waals surface area contributed by atoms with Gasteiger partial charge in [0, 0.05) is 24.2 Å². The molecule has 0 bridgehead atoms. The van der Waals surface area contributed by atoms with Crippen LogP contribution in [0.2, 0.25) is 0 Å². The zero-order valence-corrected chi connectivity index (χ0v) is 15.6. The van der Waals surface area contributed by atoms with Gasteiger partial charge in [-0.3, -0.25) is 9.69 Å². The largest absolute Gasteiger partial charge is 0.368 e. The molecule has 3 amide bonds. The number of urea groups is 1. The molecule has 26 heavy (non-hydrogen) atoms. The van der Waals surface area contributed by atoms with E-state index < -0.39 is 11.9 Å². The summed E-state index contributed by atoms with van der Waals surface area (Å²) in [6, 6.07) is 7.51. The van der Waals surface area contributed by atoms with Crippen LogP contribution in [0.15, 0.2) is 24.3 Å². The van der Waals surface area contributed by atoms with E-state index in [4.69, 9.17) is 5.73 Å². The minimum Gasteiger partial charge on any atom is -0.368 e. The molecular formula is C20H28N4O2. The molecule has 140 valence electrons. The summed E-state index contributed by atoms with van der Waals surface area (Å²) >= 11 is 0. The van der Waals surface area contributed by atoms with Gasteiger partial charge in [0.1, 0.15) is 6.04 Å². The lowest BCUT2D eigenvalue weighted by atomic mass is 9.64. The predicted molar refractivity (Wildman–Crippen MR) is 101 cm³/mol. The van der Waals surface area contributed by atoms with Crippen molar-refractivity contribution in [3.63, 3.8) is 0 Å². The third-order valence-electron chi connectivity index (χ3n) is 6.37. The first-order valence-corrected chi connectivity index (χ1v) is 9.57. The minimum atomic E-state index is -0.560. The normalized spacial score (nSPS) is 27.0. The van der Waals surface area contributed by atoms with Gasteiger partial charge in [0.25, 0.3) is 0 Å². The summed E-state index contributed by atoms with van der Waals surface area (Å²) in [5.41, 5.74) is 7.98. The van der Waals surface area contributed by atoms with Gasteiger partial charge in [-0.25, -0.2) is 4.79 Å². The molecule has 6 heteroatoms. The number of nitrogens with two attached hydrogens (primary N) is 1. The molecule has 2 atom stereocenters. The van der Waals surface area contributed by atoms with E-state index in [-0.39, 0.29) is 17.5 Å². The highest BCUT2D eigenvalue weighted by Gasteiger charge is 2.51. The van der Waals surface area contributed by atoms with E-state index in [1.807, 2.05) is 17.0 Å². The second-order valence-electron chi connectivity index (χ2n) is 8.32. The van der Waals surface area contributed by atoms with Crippen molar-refractivity contribution in [1.82, 2.24) is 9.80 Å². The minimum absolute atomic E-state index is 0.0774. The van der Waals surface area contributed by atoms with E-state index in [9.17, 15) is 9.59 Å². The summed E-state index contributed by atoms with van der Waals surface area (Å²) in [5.74, 6) is -0.417. The molecule has 1 saturated carbocycles. The van der Waals surface area contributed by atoms with Gasteiger partial charge in [-0.1, -0.05) is 18.6 Å². The highest BCUT2D eigenvalue weighted by molar-refractivity contribution is 6.03. The number of fused-ring (bicyclic) bond motifs is 1. The number of nitrogens with zero attached hydrogens (tertiary/aromatic N) is 3. The van der Waals surface area contributed by atoms with E-state index in [1.165, 1.54) is 24.8 Å². The molecule has 3 fully saturated rings. The van der Waals surface area contributed by atoms with Crippen LogP contribution in [0.5, 0.6) is 0 Å². The third-order valence-corrected chi connectivity index (χ3v) is 6.37. The molecule has 4 rings (SSSR count). The number of primary amides is 1. The van der Waals surface area contributed by atoms with Crippen LogP contribution in [0.4, 0.5) is 10.5 Å². The van der Waals surface area contributed by atoms with Gasteiger partial charge in [-0.2, -0.15) is 0 Å². The fourth-order valence-corrected chi connectivity index (χ4v) is 5.10. The number of likely N-dealkylation sites (N-methyl/N-ethyl adjacent to an activating group) is 1. The Morgan fingerprint density at radius 1 is 1.23 bits per heavy atom. The number of carbonyl (C=O) groups excluding carboxylic acids is 2. The van der Waals surface area contributed by atoms with Crippen molar-refractivity contribution >= 4 is 17.6 Å². The van der Waals surface area contributed by atoms with Crippen molar-refractivity contribution in [3.05, 3.63) is 29.8 Å². The smallest absolute Gasteiger partial charge is 0.325 e. The van der Waals surface area contributed by atoms with Crippen molar-refractivity contribution in [2.24, 2.45) is 5.73 Å². The monoisotopic (exact) mass is 356 g/mol. The van der Waals surface area contributed by atoms with Crippen molar-refractivity contribution in [2.45, 2.75) is 49.6 Å². The van der Waals surface area contributed by atoms with Crippen LogP contribution in [0.3, 0.4) is 0 Å². The van der Waals surface area contributed by atoms with Gasteiger partial charge in [0.2, 0.25) is 5.91 Å². The van der Waals surface area contributed by atoms with Crippen LogP contribution in [0.25, 0.3) is 0 Å². The van der Waals surface area contributed by atoms with Gasteiger partial charge in [-0.15, -0.1) is 0 Å². The third kappa shape index (κ3) is 2.58. The quantitative estimate of drug-likeness (QED) is 0.876. The van der Waals surface area contributed by atoms with Crippen molar-refractivity contribution < 1.29 is 9.59 Å². The fraction of sp³-hybridized carbons (Fsp3) is 0.600. The molecule has 1 aromatic carbocycles. The van der Waals surface area contributed by atoms with E-state index in [1.54, 1.807) is 4.90 Å². The molecule has 1 aliphatic carbocycles. The van der Waals surface area contributed by atoms with E-state index in [0.717, 1.165) is 25.1 Å². The molecule has 2 heterocycles. The maximum absolute atomic E-state index is 12.8. The highest BCUT2D eigenvalue weighted by Crippen LogP contribution is 2.45. The Kier molecular flexibility index (Phi) is 4.18. The van der Waals surface area contributed by atoms with Crippen LogP contribution in [-0.4, -0.2) is 61.0 Å². The maximum atomic E-state index is 12.8. The molecule has 1 aromatic rings. The number of carbonyl (C=O) groups is 2. The Morgan fingerprint density at radius 3 is 2.46 bits per heavy atom. The van der Waals surface area contributed by atoms with Crippen LogP contribution >= 0.6 is 0 Å². The van der Waals surface area contributed by atoms with Crippen molar-refractivity contribution in [2.75, 3.05) is 32.1 Å². The first-order chi connectivity index (χ1) is 12.4. The molecule has 2 N–H and O–H groups in total. The standard InChI is InChI=1S/C20H28N4O2/c1-22(2)13-20(10-4-11-20)14-6-8-15(9-7-14)24-17(18(21)25)16-5-3-12-23(16)19(24)26/h6-9,16-17H,3-5,10-13H2,1-2H3,(H2,21,25)/t16-,17?/m1/s1. The van der Waals surface area contributed by atoms with Crippen LogP contribution in [0.1, 0.15) is 37.7 Å². The average molecular weight is 356 g/mol. The topological polar surface area (TPSA) is 69.9 Å². The molecule has 2 saturated heterocycles. The molecule has 0 aromatic heterocycles.